The summed E-state index contributed by atoms with van der Waals surface area (Å²) in [5, 5.41) is 3.26. The molecule has 1 aliphatic heterocycles. The summed E-state index contributed by atoms with van der Waals surface area (Å²) in [5.74, 6) is 2.57. The first-order chi connectivity index (χ1) is 12.9. The highest BCUT2D eigenvalue weighted by atomic mass is 32.2. The van der Waals surface area contributed by atoms with Crippen LogP contribution in [-0.2, 0) is 16.4 Å². The van der Waals surface area contributed by atoms with Gasteiger partial charge in [-0.2, -0.15) is 4.98 Å². The molecule has 0 saturated carbocycles. The molecule has 0 spiro atoms. The highest BCUT2D eigenvalue weighted by molar-refractivity contribution is 7.91. The van der Waals surface area contributed by atoms with Crippen LogP contribution in [0.5, 0.6) is 5.75 Å². The van der Waals surface area contributed by atoms with Crippen molar-refractivity contribution in [2.24, 2.45) is 0 Å². The summed E-state index contributed by atoms with van der Waals surface area (Å²) >= 11 is 0. The van der Waals surface area contributed by atoms with Crippen molar-refractivity contribution in [3.05, 3.63) is 41.6 Å². The number of aryl methyl sites for hydroxylation is 1. The maximum atomic E-state index is 11.9. The Morgan fingerprint density at radius 2 is 2.00 bits per heavy atom. The molecule has 0 radical (unpaired) electrons. The maximum Gasteiger partial charge on any atom is 0.225 e. The number of rotatable bonds is 7. The van der Waals surface area contributed by atoms with E-state index in [9.17, 15) is 8.42 Å². The zero-order valence-corrected chi connectivity index (χ0v) is 16.8. The number of benzene rings is 1. The van der Waals surface area contributed by atoms with E-state index >= 15 is 0 Å². The molecular weight excluding hydrogens is 364 g/mol. The minimum atomic E-state index is -2.94. The number of aromatic nitrogens is 2. The van der Waals surface area contributed by atoms with Crippen LogP contribution in [0.2, 0.25) is 0 Å². The molecule has 1 N–H and O–H groups in total. The molecule has 1 atom stereocenters. The van der Waals surface area contributed by atoms with E-state index in [1.165, 1.54) is 0 Å². The lowest BCUT2D eigenvalue weighted by Crippen LogP contribution is -2.37. The predicted molar refractivity (Wildman–Crippen MR) is 107 cm³/mol. The van der Waals surface area contributed by atoms with Gasteiger partial charge in [0.05, 0.1) is 18.6 Å². The first-order valence-electron chi connectivity index (χ1n) is 9.09. The smallest absolute Gasteiger partial charge is 0.225 e. The molecule has 0 bridgehead atoms. The second-order valence-corrected chi connectivity index (χ2v) is 8.96. The Labute approximate surface area is 160 Å². The minimum Gasteiger partial charge on any atom is -0.497 e. The average Bonchev–Trinajstić information content (AvgIpc) is 3.00. The second kappa shape index (κ2) is 8.12. The SMILES string of the molecule is CCN(c1cc(C)nc(NCc2ccc(OC)cc2)n1)C1CCS(=O)(=O)C1. The molecule has 1 aromatic heterocycles. The lowest BCUT2D eigenvalue weighted by atomic mass is 10.2. The summed E-state index contributed by atoms with van der Waals surface area (Å²) in [6.07, 6.45) is 0.647. The second-order valence-electron chi connectivity index (χ2n) is 6.74. The van der Waals surface area contributed by atoms with Gasteiger partial charge in [0.15, 0.2) is 9.84 Å². The van der Waals surface area contributed by atoms with Gasteiger partial charge in [-0.25, -0.2) is 13.4 Å². The fourth-order valence-corrected chi connectivity index (χ4v) is 5.06. The molecule has 2 aromatic rings. The molecule has 0 aliphatic carbocycles. The summed E-state index contributed by atoms with van der Waals surface area (Å²) in [6.45, 7) is 5.24. The summed E-state index contributed by atoms with van der Waals surface area (Å²) in [6, 6.07) is 9.70. The highest BCUT2D eigenvalue weighted by Gasteiger charge is 2.32. The van der Waals surface area contributed by atoms with E-state index in [2.05, 4.69) is 20.2 Å². The zero-order valence-electron chi connectivity index (χ0n) is 16.0. The molecule has 27 heavy (non-hydrogen) atoms. The van der Waals surface area contributed by atoms with Gasteiger partial charge in [-0.3, -0.25) is 0 Å². The van der Waals surface area contributed by atoms with Crippen LogP contribution in [0.25, 0.3) is 0 Å². The van der Waals surface area contributed by atoms with E-state index in [0.717, 1.165) is 22.8 Å². The Balaban J connectivity index is 1.74. The Morgan fingerprint density at radius 1 is 1.26 bits per heavy atom. The Hall–Kier alpha value is -2.35. The van der Waals surface area contributed by atoms with Crippen molar-refractivity contribution in [2.75, 3.05) is 35.4 Å². The summed E-state index contributed by atoms with van der Waals surface area (Å²) in [5.41, 5.74) is 1.94. The largest absolute Gasteiger partial charge is 0.497 e. The van der Waals surface area contributed by atoms with Crippen LogP contribution in [0.3, 0.4) is 0 Å². The van der Waals surface area contributed by atoms with Gasteiger partial charge in [0.2, 0.25) is 5.95 Å². The number of hydrogen-bond donors (Lipinski definition) is 1. The van der Waals surface area contributed by atoms with Crippen molar-refractivity contribution in [1.82, 2.24) is 9.97 Å². The molecule has 2 heterocycles. The van der Waals surface area contributed by atoms with Gasteiger partial charge in [0, 0.05) is 30.9 Å². The number of nitrogens with zero attached hydrogens (tertiary/aromatic N) is 3. The topological polar surface area (TPSA) is 84.4 Å². The van der Waals surface area contributed by atoms with Crippen molar-refractivity contribution in [2.45, 2.75) is 32.9 Å². The number of nitrogens with one attached hydrogen (secondary N) is 1. The van der Waals surface area contributed by atoms with E-state index < -0.39 is 9.84 Å². The molecule has 146 valence electrons. The minimum absolute atomic E-state index is 0.0243. The van der Waals surface area contributed by atoms with E-state index in [0.29, 0.717) is 25.5 Å². The van der Waals surface area contributed by atoms with Crippen LogP contribution < -0.4 is 15.0 Å². The van der Waals surface area contributed by atoms with Gasteiger partial charge in [-0.15, -0.1) is 0 Å². The van der Waals surface area contributed by atoms with Crippen LogP contribution in [0.15, 0.2) is 30.3 Å². The van der Waals surface area contributed by atoms with E-state index in [1.807, 2.05) is 44.2 Å². The molecule has 0 amide bonds. The monoisotopic (exact) mass is 390 g/mol. The quantitative estimate of drug-likeness (QED) is 0.777. The van der Waals surface area contributed by atoms with Gasteiger partial charge < -0.3 is 15.0 Å². The third kappa shape index (κ3) is 4.88. The normalized spacial score (nSPS) is 18.3. The number of methoxy groups -OCH3 is 1. The summed E-state index contributed by atoms with van der Waals surface area (Å²) < 4.78 is 28.9. The Kier molecular flexibility index (Phi) is 5.84. The van der Waals surface area contributed by atoms with Gasteiger partial charge in [-0.1, -0.05) is 12.1 Å². The summed E-state index contributed by atoms with van der Waals surface area (Å²) in [7, 11) is -1.30. The molecule has 1 aromatic carbocycles. The third-order valence-corrected chi connectivity index (χ3v) is 6.48. The maximum absolute atomic E-state index is 11.9. The zero-order chi connectivity index (χ0) is 19.4. The molecule has 3 rings (SSSR count). The lowest BCUT2D eigenvalue weighted by Gasteiger charge is -2.28. The number of sulfone groups is 1. The van der Waals surface area contributed by atoms with E-state index in [4.69, 9.17) is 4.74 Å². The van der Waals surface area contributed by atoms with Gasteiger partial charge >= 0.3 is 0 Å². The number of anilines is 2. The van der Waals surface area contributed by atoms with Crippen LogP contribution in [-0.4, -0.2) is 49.6 Å². The highest BCUT2D eigenvalue weighted by Crippen LogP contribution is 2.24. The Morgan fingerprint density at radius 3 is 2.59 bits per heavy atom. The molecule has 1 saturated heterocycles. The van der Waals surface area contributed by atoms with Crippen molar-refractivity contribution < 1.29 is 13.2 Å². The van der Waals surface area contributed by atoms with Crippen molar-refractivity contribution in [3.63, 3.8) is 0 Å². The fourth-order valence-electron chi connectivity index (χ4n) is 3.33. The molecule has 1 fully saturated rings. The molecule has 8 heteroatoms. The number of ether oxygens (including phenoxy) is 1. The number of hydrogen-bond acceptors (Lipinski definition) is 7. The van der Waals surface area contributed by atoms with Crippen molar-refractivity contribution in [1.29, 1.82) is 0 Å². The van der Waals surface area contributed by atoms with Crippen molar-refractivity contribution in [3.8, 4) is 5.75 Å². The standard InChI is InChI=1S/C19H26N4O3S/c1-4-23(16-9-10-27(24,25)13-16)18-11-14(2)21-19(22-18)20-12-15-5-7-17(26-3)8-6-15/h5-8,11,16H,4,9-10,12-13H2,1-3H3,(H,20,21,22). The fraction of sp³-hybridized carbons (Fsp3) is 0.474. The van der Waals surface area contributed by atoms with E-state index in [-0.39, 0.29) is 17.5 Å². The first-order valence-corrected chi connectivity index (χ1v) is 10.9. The first kappa shape index (κ1) is 19.4. The lowest BCUT2D eigenvalue weighted by molar-refractivity contribution is 0.414. The van der Waals surface area contributed by atoms with Crippen LogP contribution in [0, 0.1) is 6.92 Å². The summed E-state index contributed by atoms with van der Waals surface area (Å²) in [4.78, 5) is 11.2. The van der Waals surface area contributed by atoms with Crippen LogP contribution in [0.1, 0.15) is 24.6 Å². The van der Waals surface area contributed by atoms with Crippen molar-refractivity contribution >= 4 is 21.6 Å². The molecule has 1 unspecified atom stereocenters. The molecule has 7 nitrogen and oxygen atoms in total. The molecule has 1 aliphatic rings. The van der Waals surface area contributed by atoms with Gasteiger partial charge in [0.25, 0.3) is 0 Å². The average molecular weight is 391 g/mol. The van der Waals surface area contributed by atoms with Gasteiger partial charge in [-0.05, 0) is 38.0 Å². The Bertz CT molecular complexity index is 884. The molecular formula is C19H26N4O3S. The van der Waals surface area contributed by atoms with Gasteiger partial charge in [0.1, 0.15) is 11.6 Å². The third-order valence-electron chi connectivity index (χ3n) is 4.73. The van der Waals surface area contributed by atoms with Crippen LogP contribution >= 0.6 is 0 Å². The predicted octanol–water partition coefficient (Wildman–Crippen LogP) is 2.42. The van der Waals surface area contributed by atoms with Crippen LogP contribution in [0.4, 0.5) is 11.8 Å². The van der Waals surface area contributed by atoms with E-state index in [1.54, 1.807) is 7.11 Å².